The number of aromatic amines is 2. The van der Waals surface area contributed by atoms with Crippen LogP contribution in [0.3, 0.4) is 0 Å². The van der Waals surface area contributed by atoms with Crippen molar-refractivity contribution >= 4 is 45.5 Å². The zero-order chi connectivity index (χ0) is 27.6. The molecule has 5 N–H and O–H groups in total. The molecule has 198 valence electrons. The second-order valence-corrected chi connectivity index (χ2v) is 10.7. The first kappa shape index (κ1) is 23.5. The zero-order valence-electron chi connectivity index (χ0n) is 21.9. The largest absolute Gasteiger partial charge is 0.385 e. The minimum atomic E-state index is -1.77. The molecule has 4 atom stereocenters. The number of likely N-dealkylation sites (N-methyl/N-ethyl adjacent to an activating group) is 4. The van der Waals surface area contributed by atoms with E-state index in [2.05, 4.69) is 9.97 Å². The molecule has 4 unspecified atom stereocenters. The maximum atomic E-state index is 14.6. The van der Waals surface area contributed by atoms with E-state index in [0.717, 1.165) is 10.9 Å². The van der Waals surface area contributed by atoms with Gasteiger partial charge in [-0.3, -0.25) is 30.2 Å². The highest BCUT2D eigenvalue weighted by molar-refractivity contribution is 6.15. The summed E-state index contributed by atoms with van der Waals surface area (Å²) >= 11 is 0. The summed E-state index contributed by atoms with van der Waals surface area (Å²) in [6.45, 7) is 0. The van der Waals surface area contributed by atoms with Gasteiger partial charge in [0.25, 0.3) is 11.8 Å². The number of aliphatic hydroxyl groups is 1. The van der Waals surface area contributed by atoms with Gasteiger partial charge in [0.2, 0.25) is 11.9 Å². The highest BCUT2D eigenvalue weighted by Crippen LogP contribution is 2.64. The number of carbonyl (C=O) groups is 2. The number of para-hydroxylation sites is 2. The molecule has 2 aromatic carbocycles. The number of aromatic nitrogens is 2. The van der Waals surface area contributed by atoms with Crippen LogP contribution in [0.2, 0.25) is 0 Å². The smallest absolute Gasteiger partial charge is 0.261 e. The average Bonchev–Trinajstić information content (AvgIpc) is 3.63. The van der Waals surface area contributed by atoms with Crippen molar-refractivity contribution in [3.63, 3.8) is 0 Å². The maximum Gasteiger partial charge on any atom is 0.261 e. The second-order valence-electron chi connectivity index (χ2n) is 10.7. The summed E-state index contributed by atoms with van der Waals surface area (Å²) in [5.74, 6) is -2.03. The number of fused-ring (bicyclic) bond motifs is 5. The lowest BCUT2D eigenvalue weighted by atomic mass is 9.57. The number of rotatable bonds is 1. The van der Waals surface area contributed by atoms with Crippen molar-refractivity contribution in [3.8, 4) is 0 Å². The predicted octanol–water partition coefficient (Wildman–Crippen LogP) is 2.09. The van der Waals surface area contributed by atoms with Gasteiger partial charge in [0.1, 0.15) is 6.10 Å². The number of aliphatic hydroxyl groups excluding tert-OH is 1. The Morgan fingerprint density at radius 3 is 2.03 bits per heavy atom. The summed E-state index contributed by atoms with van der Waals surface area (Å²) in [5, 5.41) is 31.6. The van der Waals surface area contributed by atoms with Crippen molar-refractivity contribution in [1.29, 1.82) is 10.8 Å². The predicted molar refractivity (Wildman–Crippen MR) is 145 cm³/mol. The second kappa shape index (κ2) is 7.26. The van der Waals surface area contributed by atoms with Crippen molar-refractivity contribution in [1.82, 2.24) is 29.6 Å². The fraction of sp³-hybridized carbons (Fsp3) is 0.286. The minimum absolute atomic E-state index is 0.0301. The van der Waals surface area contributed by atoms with Crippen LogP contribution in [0.25, 0.3) is 21.8 Å². The number of hydrogen-bond donors (Lipinski definition) is 5. The number of nitrogens with one attached hydrogen (secondary N) is 4. The van der Waals surface area contributed by atoms with E-state index in [9.17, 15) is 14.7 Å². The van der Waals surface area contributed by atoms with E-state index in [1.54, 1.807) is 32.2 Å². The first-order valence-corrected chi connectivity index (χ1v) is 12.7. The highest BCUT2D eigenvalue weighted by atomic mass is 16.3. The molecule has 39 heavy (non-hydrogen) atoms. The molecule has 11 nitrogen and oxygen atoms in total. The van der Waals surface area contributed by atoms with Gasteiger partial charge >= 0.3 is 0 Å². The number of amides is 2. The number of hydrogen-bond acceptors (Lipinski definition) is 5. The molecule has 0 saturated carbocycles. The van der Waals surface area contributed by atoms with Crippen molar-refractivity contribution in [2.24, 2.45) is 0 Å². The van der Waals surface area contributed by atoms with E-state index in [-0.39, 0.29) is 11.9 Å². The van der Waals surface area contributed by atoms with Gasteiger partial charge in [0, 0.05) is 61.8 Å². The van der Waals surface area contributed by atoms with E-state index in [1.165, 1.54) is 21.7 Å². The summed E-state index contributed by atoms with van der Waals surface area (Å²) in [4.78, 5) is 41.5. The Labute approximate surface area is 223 Å². The lowest BCUT2D eigenvalue weighted by Gasteiger charge is -2.55. The van der Waals surface area contributed by atoms with Crippen molar-refractivity contribution in [3.05, 3.63) is 71.5 Å². The number of nitrogens with zero attached hydrogens (tertiary/aromatic N) is 4. The van der Waals surface area contributed by atoms with Crippen molar-refractivity contribution in [2.75, 3.05) is 28.2 Å². The monoisotopic (exact) mass is 524 g/mol. The molecule has 11 heteroatoms. The Morgan fingerprint density at radius 1 is 0.821 bits per heavy atom. The molecule has 2 saturated heterocycles. The Bertz CT molecular complexity index is 1770. The van der Waals surface area contributed by atoms with Crippen molar-refractivity contribution < 1.29 is 14.7 Å². The van der Waals surface area contributed by atoms with Gasteiger partial charge in [-0.15, -0.1) is 0 Å². The first-order chi connectivity index (χ1) is 18.6. The number of H-pyrrole nitrogens is 2. The van der Waals surface area contributed by atoms with Gasteiger partial charge < -0.3 is 24.9 Å². The molecule has 0 radical (unpaired) electrons. The van der Waals surface area contributed by atoms with Crippen molar-refractivity contribution in [2.45, 2.75) is 23.1 Å². The molecule has 1 aliphatic carbocycles. The van der Waals surface area contributed by atoms with Gasteiger partial charge in [0.15, 0.2) is 11.1 Å². The summed E-state index contributed by atoms with van der Waals surface area (Å²) in [5.41, 5.74) is -0.365. The van der Waals surface area contributed by atoms with Crippen LogP contribution in [0.1, 0.15) is 28.8 Å². The lowest BCUT2D eigenvalue weighted by Crippen LogP contribution is -2.69. The fourth-order valence-corrected chi connectivity index (χ4v) is 7.39. The maximum absolute atomic E-state index is 14.6. The van der Waals surface area contributed by atoms with E-state index in [0.29, 0.717) is 27.7 Å². The summed E-state index contributed by atoms with van der Waals surface area (Å²) in [7, 11) is 6.37. The van der Waals surface area contributed by atoms with Crippen LogP contribution in [0, 0.1) is 10.8 Å². The molecule has 2 aromatic heterocycles. The number of guanidine groups is 2. The van der Waals surface area contributed by atoms with Crippen LogP contribution in [0.4, 0.5) is 0 Å². The minimum Gasteiger partial charge on any atom is -0.385 e. The van der Waals surface area contributed by atoms with Crippen LogP contribution in [0.5, 0.6) is 0 Å². The average molecular weight is 525 g/mol. The molecule has 4 heterocycles. The van der Waals surface area contributed by atoms with E-state index < -0.39 is 34.9 Å². The summed E-state index contributed by atoms with van der Waals surface area (Å²) < 4.78 is 0. The zero-order valence-corrected chi connectivity index (χ0v) is 21.9. The molecule has 2 spiro atoms. The van der Waals surface area contributed by atoms with E-state index >= 15 is 0 Å². The normalized spacial score (nSPS) is 28.8. The van der Waals surface area contributed by atoms with Crippen LogP contribution >= 0.6 is 0 Å². The SMILES string of the molecule is CN1C(=N)N(C)C2(C1=O)c1[nH]c3ccccc3c1C(O)C1(C(=O)N(C)C(=N)N1C)C2c1c[nH]c2ccccc12. The highest BCUT2D eigenvalue weighted by Gasteiger charge is 2.76. The van der Waals surface area contributed by atoms with Gasteiger partial charge in [0.05, 0.1) is 11.6 Å². The van der Waals surface area contributed by atoms with Gasteiger partial charge in [-0.25, -0.2) is 0 Å². The van der Waals surface area contributed by atoms with E-state index in [4.69, 9.17) is 10.8 Å². The third kappa shape index (κ3) is 2.34. The third-order valence-electron chi connectivity index (χ3n) is 9.24. The third-order valence-corrected chi connectivity index (χ3v) is 9.24. The van der Waals surface area contributed by atoms with Crippen LogP contribution < -0.4 is 0 Å². The quantitative estimate of drug-likeness (QED) is 0.259. The Kier molecular flexibility index (Phi) is 4.37. The number of carbonyl (C=O) groups excluding carboxylic acids is 2. The fourth-order valence-electron chi connectivity index (χ4n) is 7.39. The van der Waals surface area contributed by atoms with Gasteiger partial charge in [-0.1, -0.05) is 36.4 Å². The van der Waals surface area contributed by atoms with Crippen LogP contribution in [0.15, 0.2) is 54.7 Å². The molecule has 2 fully saturated rings. The topological polar surface area (TPSA) is 147 Å². The van der Waals surface area contributed by atoms with Crippen LogP contribution in [-0.2, 0) is 15.1 Å². The van der Waals surface area contributed by atoms with E-state index in [1.807, 2.05) is 48.5 Å². The van der Waals surface area contributed by atoms with Crippen LogP contribution in [-0.4, -0.2) is 92.1 Å². The first-order valence-electron chi connectivity index (χ1n) is 12.7. The molecule has 0 bridgehead atoms. The molecule has 4 aromatic rings. The number of benzene rings is 2. The lowest BCUT2D eigenvalue weighted by molar-refractivity contribution is -0.151. The Balaban J connectivity index is 1.72. The summed E-state index contributed by atoms with van der Waals surface area (Å²) in [6, 6.07) is 15.0. The molecular formula is C28H28N8O3. The summed E-state index contributed by atoms with van der Waals surface area (Å²) in [6.07, 6.45) is 0.378. The molecular weight excluding hydrogens is 496 g/mol. The Morgan fingerprint density at radius 2 is 1.41 bits per heavy atom. The molecule has 2 amide bonds. The molecule has 7 rings (SSSR count). The van der Waals surface area contributed by atoms with Gasteiger partial charge in [-0.2, -0.15) is 0 Å². The van der Waals surface area contributed by atoms with Gasteiger partial charge in [-0.05, 0) is 17.7 Å². The molecule has 3 aliphatic rings. The standard InChI is InChI=1S/C28H28N8O3/c1-33-23(38)27(35(3)25(33)29)20(16-13-31-17-11-7-5-9-14(16)17)28(24(39)34(2)26(30)36(28)4)22(37)19-15-10-6-8-12-18(15)32-21(19)27/h5-13,20,22,29-32,37H,1-4H3. The Hall–Kier alpha value is -4.64. The molecule has 2 aliphatic heterocycles.